The van der Waals surface area contributed by atoms with Crippen LogP contribution in [0.5, 0.6) is 28.7 Å². The molecule has 3 fully saturated rings. The second kappa shape index (κ2) is 17.5. The molecule has 13 nitrogen and oxygen atoms in total. The third kappa shape index (κ3) is 8.78. The smallest absolute Gasteiger partial charge is 0.255 e. The number of hydrogen-bond acceptors (Lipinski definition) is 12. The summed E-state index contributed by atoms with van der Waals surface area (Å²) in [6.07, 6.45) is 1.77. The number of thiophene rings is 1. The fraction of sp³-hybridized carbons (Fsp3) is 0.370. The summed E-state index contributed by atoms with van der Waals surface area (Å²) in [6, 6.07) is 25.5. The van der Waals surface area contributed by atoms with E-state index < -0.39 is 6.04 Å². The molecule has 4 aromatic carbocycles. The molecule has 4 aliphatic rings. The third-order valence-electron chi connectivity index (χ3n) is 12.1. The molecule has 0 bridgehead atoms. The maximum Gasteiger partial charge on any atom is 0.255 e. The molecule has 5 aromatic rings. The van der Waals surface area contributed by atoms with Gasteiger partial charge in [0, 0.05) is 93.2 Å². The van der Waals surface area contributed by atoms with Crippen molar-refractivity contribution in [3.05, 3.63) is 96.1 Å². The number of carbonyl (C=O) groups is 3. The van der Waals surface area contributed by atoms with Crippen LogP contribution in [0, 0.1) is 0 Å². The molecule has 312 valence electrons. The van der Waals surface area contributed by atoms with Gasteiger partial charge in [-0.2, -0.15) is 0 Å². The van der Waals surface area contributed by atoms with Crippen LogP contribution >= 0.6 is 11.3 Å². The molecule has 1 unspecified atom stereocenters. The van der Waals surface area contributed by atoms with Gasteiger partial charge in [-0.3, -0.25) is 29.5 Å². The number of piperazine rings is 2. The second-order valence-electron chi connectivity index (χ2n) is 16.0. The number of ether oxygens (including phenoxy) is 2. The third-order valence-corrected chi connectivity index (χ3v) is 13.3. The fourth-order valence-electron chi connectivity index (χ4n) is 8.72. The van der Waals surface area contributed by atoms with E-state index in [0.29, 0.717) is 36.6 Å². The molecule has 9 rings (SSSR count). The largest absolute Gasteiger partial charge is 0.508 e. The summed E-state index contributed by atoms with van der Waals surface area (Å²) < 4.78 is 13.5. The lowest BCUT2D eigenvalue weighted by molar-refractivity contribution is -0.136. The van der Waals surface area contributed by atoms with Crippen molar-refractivity contribution in [1.82, 2.24) is 24.9 Å². The van der Waals surface area contributed by atoms with Gasteiger partial charge < -0.3 is 34.4 Å². The number of rotatable bonds is 13. The molecule has 60 heavy (non-hydrogen) atoms. The van der Waals surface area contributed by atoms with Crippen LogP contribution in [0.25, 0.3) is 20.5 Å². The maximum absolute atomic E-state index is 13.1. The van der Waals surface area contributed by atoms with E-state index in [1.807, 2.05) is 54.6 Å². The van der Waals surface area contributed by atoms with E-state index in [4.69, 9.17) is 9.47 Å². The highest BCUT2D eigenvalue weighted by Crippen LogP contribution is 2.47. The van der Waals surface area contributed by atoms with Gasteiger partial charge in [0.05, 0.1) is 4.88 Å². The summed E-state index contributed by atoms with van der Waals surface area (Å²) in [5.41, 5.74) is 3.64. The van der Waals surface area contributed by atoms with E-state index in [1.54, 1.807) is 29.2 Å². The first kappa shape index (κ1) is 39.8. The molecule has 3 N–H and O–H groups in total. The molecule has 3 amide bonds. The topological polar surface area (TPSA) is 138 Å². The number of imide groups is 1. The molecule has 0 spiro atoms. The Balaban J connectivity index is 0.673. The molecule has 1 aromatic heterocycles. The van der Waals surface area contributed by atoms with Crippen LogP contribution in [0.15, 0.2) is 84.9 Å². The Labute approximate surface area is 353 Å². The van der Waals surface area contributed by atoms with Crippen LogP contribution < -0.4 is 19.7 Å². The van der Waals surface area contributed by atoms with Crippen molar-refractivity contribution in [2.75, 3.05) is 83.5 Å². The first-order chi connectivity index (χ1) is 29.2. The fourth-order valence-corrected chi connectivity index (χ4v) is 9.89. The molecule has 14 heteroatoms. The van der Waals surface area contributed by atoms with Crippen LogP contribution in [-0.4, -0.2) is 132 Å². The number of nitrogens with zero attached hydrogens (tertiary/aromatic N) is 5. The van der Waals surface area contributed by atoms with Gasteiger partial charge in [-0.25, -0.2) is 0 Å². The summed E-state index contributed by atoms with van der Waals surface area (Å²) in [4.78, 5) is 49.7. The Morgan fingerprint density at radius 1 is 0.717 bits per heavy atom. The number of amides is 3. The minimum Gasteiger partial charge on any atom is -0.508 e. The highest BCUT2D eigenvalue weighted by Gasteiger charge is 2.39. The Morgan fingerprint density at radius 3 is 2.10 bits per heavy atom. The predicted molar refractivity (Wildman–Crippen MR) is 231 cm³/mol. The molecule has 5 heterocycles. The summed E-state index contributed by atoms with van der Waals surface area (Å²) in [6.45, 7) is 12.1. The normalized spacial score (nSPS) is 19.2. The zero-order chi connectivity index (χ0) is 41.2. The average molecular weight is 831 g/mol. The summed E-state index contributed by atoms with van der Waals surface area (Å²) in [5, 5.41) is 23.2. The van der Waals surface area contributed by atoms with Crippen molar-refractivity contribution >= 4 is 44.8 Å². The lowest BCUT2D eigenvalue weighted by Crippen LogP contribution is -2.52. The standard InChI is InChI=1S/C46H50N6O7S/c53-34-5-2-31(3-6-34)44-43(39-13-7-35(54)29-41(39)60-44)59-37-10-8-36(9-11-37)58-27-26-50-20-18-48(19-21-50)16-1-17-49-22-24-51(25-23-49)33-4-12-38-32(28-33)30-52(46(38)57)40-14-15-42(55)47-45(40)56/h2-13,28-29,40,53-54H,1,14-27,30H2,(H,47,55,56). The van der Waals surface area contributed by atoms with Crippen molar-refractivity contribution < 1.29 is 34.1 Å². The molecule has 1 atom stereocenters. The van der Waals surface area contributed by atoms with E-state index in [9.17, 15) is 24.6 Å². The highest BCUT2D eigenvalue weighted by atomic mass is 32.1. The molecular formula is C46H50N6O7S. The number of aromatic hydroxyl groups is 2. The maximum atomic E-state index is 13.1. The second-order valence-corrected chi connectivity index (χ2v) is 17.1. The highest BCUT2D eigenvalue weighted by molar-refractivity contribution is 7.22. The first-order valence-electron chi connectivity index (χ1n) is 20.9. The number of piperidine rings is 1. The van der Waals surface area contributed by atoms with Crippen LogP contribution in [0.4, 0.5) is 5.69 Å². The van der Waals surface area contributed by atoms with Crippen molar-refractivity contribution in [3.63, 3.8) is 0 Å². The first-order valence-corrected chi connectivity index (χ1v) is 21.7. The van der Waals surface area contributed by atoms with E-state index in [-0.39, 0.29) is 35.6 Å². The Morgan fingerprint density at radius 2 is 1.38 bits per heavy atom. The Bertz CT molecular complexity index is 2350. The molecule has 0 saturated carbocycles. The number of phenols is 2. The van der Waals surface area contributed by atoms with Crippen LogP contribution in [0.1, 0.15) is 35.2 Å². The van der Waals surface area contributed by atoms with E-state index in [0.717, 1.165) is 116 Å². The number of hydrogen-bond donors (Lipinski definition) is 3. The van der Waals surface area contributed by atoms with Gasteiger partial charge in [0.1, 0.15) is 35.6 Å². The molecular weight excluding hydrogens is 781 g/mol. The number of benzene rings is 4. The van der Waals surface area contributed by atoms with Crippen LogP contribution in [-0.2, 0) is 16.1 Å². The van der Waals surface area contributed by atoms with Gasteiger partial charge in [-0.05, 0) is 122 Å². The van der Waals surface area contributed by atoms with Crippen molar-refractivity contribution in [2.45, 2.75) is 31.8 Å². The predicted octanol–water partition coefficient (Wildman–Crippen LogP) is 5.74. The lowest BCUT2D eigenvalue weighted by atomic mass is 10.0. The van der Waals surface area contributed by atoms with Gasteiger partial charge in [0.2, 0.25) is 11.8 Å². The molecule has 0 aliphatic carbocycles. The monoisotopic (exact) mass is 830 g/mol. The Hall–Kier alpha value is -5.67. The zero-order valence-corrected chi connectivity index (χ0v) is 34.4. The van der Waals surface area contributed by atoms with Crippen molar-refractivity contribution in [1.29, 1.82) is 0 Å². The summed E-state index contributed by atoms with van der Waals surface area (Å²) in [7, 11) is 0. The zero-order valence-electron chi connectivity index (χ0n) is 33.6. The molecule has 4 aliphatic heterocycles. The Kier molecular flexibility index (Phi) is 11.6. The molecule has 3 saturated heterocycles. The average Bonchev–Trinajstić information content (AvgIpc) is 3.78. The number of fused-ring (bicyclic) bond motifs is 2. The number of anilines is 1. The molecule has 0 radical (unpaired) electrons. The van der Waals surface area contributed by atoms with Crippen LogP contribution in [0.2, 0.25) is 0 Å². The van der Waals surface area contributed by atoms with Gasteiger partial charge in [0.15, 0.2) is 5.75 Å². The lowest BCUT2D eigenvalue weighted by Gasteiger charge is -2.37. The number of nitrogens with one attached hydrogen (secondary N) is 1. The van der Waals surface area contributed by atoms with Gasteiger partial charge in [-0.15, -0.1) is 11.3 Å². The quantitative estimate of drug-likeness (QED) is 0.125. The summed E-state index contributed by atoms with van der Waals surface area (Å²) in [5.74, 6) is 1.81. The van der Waals surface area contributed by atoms with Gasteiger partial charge in [-0.1, -0.05) is 0 Å². The minimum absolute atomic E-state index is 0.131. The van der Waals surface area contributed by atoms with Crippen LogP contribution in [0.3, 0.4) is 0 Å². The minimum atomic E-state index is -0.593. The van der Waals surface area contributed by atoms with E-state index in [2.05, 4.69) is 31.0 Å². The van der Waals surface area contributed by atoms with Crippen molar-refractivity contribution in [3.8, 4) is 39.2 Å². The van der Waals surface area contributed by atoms with Gasteiger partial charge in [0.25, 0.3) is 5.91 Å². The number of carbonyl (C=O) groups excluding carboxylic acids is 3. The SMILES string of the molecule is O=C1CCC(N2Cc3cc(N4CCN(CCCN5CCN(CCOc6ccc(Oc7c(-c8ccc(O)cc8)sc8cc(O)ccc78)cc6)CC5)CC4)ccc3C2=O)C(=O)N1. The van der Waals surface area contributed by atoms with E-state index >= 15 is 0 Å². The number of phenolic OH excluding ortho intramolecular Hbond substituents is 2. The van der Waals surface area contributed by atoms with Crippen molar-refractivity contribution in [2.24, 2.45) is 0 Å². The van der Waals surface area contributed by atoms with E-state index in [1.165, 1.54) is 11.3 Å². The summed E-state index contributed by atoms with van der Waals surface area (Å²) >= 11 is 1.54. The van der Waals surface area contributed by atoms with Gasteiger partial charge >= 0.3 is 0 Å².